The molecular weight excluding hydrogens is 224 g/mol. The molecule has 1 aromatic rings. The van der Waals surface area contributed by atoms with Gasteiger partial charge in [-0.3, -0.25) is 0 Å². The fourth-order valence-corrected chi connectivity index (χ4v) is 1.95. The van der Waals surface area contributed by atoms with E-state index in [0.717, 1.165) is 24.4 Å². The first-order chi connectivity index (χ1) is 8.62. The second-order valence-electron chi connectivity index (χ2n) is 5.01. The van der Waals surface area contributed by atoms with Crippen LogP contribution in [0.3, 0.4) is 0 Å². The van der Waals surface area contributed by atoms with Gasteiger partial charge in [-0.1, -0.05) is 26.8 Å². The summed E-state index contributed by atoms with van der Waals surface area (Å²) >= 11 is 0. The summed E-state index contributed by atoms with van der Waals surface area (Å²) in [6.07, 6.45) is 1.03. The normalized spacial score (nSPS) is 12.6. The molecule has 1 atom stereocenters. The van der Waals surface area contributed by atoms with Crippen LogP contribution in [0.4, 0.5) is 5.69 Å². The number of rotatable bonds is 7. The van der Waals surface area contributed by atoms with Crippen molar-refractivity contribution in [3.05, 3.63) is 23.8 Å². The Morgan fingerprint density at radius 3 is 2.56 bits per heavy atom. The van der Waals surface area contributed by atoms with E-state index < -0.39 is 0 Å². The highest BCUT2D eigenvalue weighted by Crippen LogP contribution is 2.26. The average molecular weight is 250 g/mol. The van der Waals surface area contributed by atoms with Crippen LogP contribution in [-0.2, 0) is 6.42 Å². The summed E-state index contributed by atoms with van der Waals surface area (Å²) in [5.74, 6) is 1.97. The molecule has 102 valence electrons. The predicted octanol–water partition coefficient (Wildman–Crippen LogP) is 2.90. The molecule has 1 rings (SSSR count). The number of ether oxygens (including phenoxy) is 1. The number of nitrogens with two attached hydrogens (primary N) is 1. The Kier molecular flexibility index (Phi) is 5.99. The number of hydrogen-bond donors (Lipinski definition) is 2. The number of anilines is 1. The van der Waals surface area contributed by atoms with Gasteiger partial charge in [-0.05, 0) is 42.5 Å². The van der Waals surface area contributed by atoms with Crippen LogP contribution in [0.25, 0.3) is 0 Å². The highest BCUT2D eigenvalue weighted by atomic mass is 16.5. The molecule has 0 amide bonds. The summed E-state index contributed by atoms with van der Waals surface area (Å²) in [6.45, 7) is 8.17. The lowest BCUT2D eigenvalue weighted by molar-refractivity contribution is 0.405. The Balaban J connectivity index is 2.75. The fraction of sp³-hybridized carbons (Fsp3) is 0.600. The maximum absolute atomic E-state index is 5.79. The van der Waals surface area contributed by atoms with Gasteiger partial charge in [0.1, 0.15) is 5.75 Å². The van der Waals surface area contributed by atoms with E-state index in [1.54, 1.807) is 7.11 Å². The van der Waals surface area contributed by atoms with E-state index in [-0.39, 0.29) is 0 Å². The molecule has 0 aliphatic carbocycles. The third-order valence-electron chi connectivity index (χ3n) is 3.47. The minimum Gasteiger partial charge on any atom is -0.495 e. The number of nitrogens with one attached hydrogen (secondary N) is 1. The first kappa shape index (κ1) is 14.8. The van der Waals surface area contributed by atoms with Gasteiger partial charge in [0.25, 0.3) is 0 Å². The van der Waals surface area contributed by atoms with Gasteiger partial charge in [0.05, 0.1) is 12.8 Å². The number of benzene rings is 1. The van der Waals surface area contributed by atoms with Gasteiger partial charge in [-0.2, -0.15) is 0 Å². The van der Waals surface area contributed by atoms with Crippen molar-refractivity contribution in [3.63, 3.8) is 0 Å². The Morgan fingerprint density at radius 1 is 1.33 bits per heavy atom. The van der Waals surface area contributed by atoms with E-state index in [1.807, 2.05) is 6.07 Å². The topological polar surface area (TPSA) is 47.3 Å². The first-order valence-corrected chi connectivity index (χ1v) is 6.73. The third-order valence-corrected chi connectivity index (χ3v) is 3.47. The molecule has 0 saturated heterocycles. The van der Waals surface area contributed by atoms with E-state index in [9.17, 15) is 0 Å². The lowest BCUT2D eigenvalue weighted by Gasteiger charge is -2.21. The SMILES string of the molecule is CCc1ccc(OC)c(NCC(CN)C(C)C)c1. The van der Waals surface area contributed by atoms with Crippen molar-refractivity contribution in [2.24, 2.45) is 17.6 Å². The van der Waals surface area contributed by atoms with E-state index in [1.165, 1.54) is 5.56 Å². The smallest absolute Gasteiger partial charge is 0.141 e. The minimum atomic E-state index is 0.486. The molecule has 0 aliphatic heterocycles. The molecule has 0 saturated carbocycles. The van der Waals surface area contributed by atoms with Gasteiger partial charge in [0, 0.05) is 6.54 Å². The van der Waals surface area contributed by atoms with Crippen molar-refractivity contribution < 1.29 is 4.74 Å². The molecule has 0 heterocycles. The zero-order valence-electron chi connectivity index (χ0n) is 12.0. The molecule has 1 aromatic carbocycles. The van der Waals surface area contributed by atoms with E-state index >= 15 is 0 Å². The third kappa shape index (κ3) is 3.91. The quantitative estimate of drug-likeness (QED) is 0.782. The first-order valence-electron chi connectivity index (χ1n) is 6.73. The highest BCUT2D eigenvalue weighted by Gasteiger charge is 2.12. The van der Waals surface area contributed by atoms with Gasteiger partial charge < -0.3 is 15.8 Å². The second kappa shape index (κ2) is 7.27. The Bertz CT molecular complexity index is 364. The van der Waals surface area contributed by atoms with Crippen molar-refractivity contribution in [1.82, 2.24) is 0 Å². The van der Waals surface area contributed by atoms with Crippen LogP contribution in [0.1, 0.15) is 26.3 Å². The van der Waals surface area contributed by atoms with Gasteiger partial charge >= 0.3 is 0 Å². The zero-order chi connectivity index (χ0) is 13.5. The van der Waals surface area contributed by atoms with Crippen LogP contribution in [0, 0.1) is 11.8 Å². The fourth-order valence-electron chi connectivity index (χ4n) is 1.95. The maximum Gasteiger partial charge on any atom is 0.141 e. The van der Waals surface area contributed by atoms with Crippen LogP contribution in [-0.4, -0.2) is 20.2 Å². The second-order valence-corrected chi connectivity index (χ2v) is 5.01. The van der Waals surface area contributed by atoms with E-state index in [2.05, 4.69) is 38.2 Å². The molecule has 0 spiro atoms. The van der Waals surface area contributed by atoms with Gasteiger partial charge in [0.15, 0.2) is 0 Å². The molecule has 0 aromatic heterocycles. The van der Waals surface area contributed by atoms with Crippen molar-refractivity contribution in [2.75, 3.05) is 25.5 Å². The molecule has 3 N–H and O–H groups in total. The minimum absolute atomic E-state index is 0.486. The lowest BCUT2D eigenvalue weighted by atomic mass is 9.96. The van der Waals surface area contributed by atoms with Crippen LogP contribution >= 0.6 is 0 Å². The van der Waals surface area contributed by atoms with Crippen molar-refractivity contribution in [2.45, 2.75) is 27.2 Å². The Morgan fingerprint density at radius 2 is 2.06 bits per heavy atom. The molecule has 3 nitrogen and oxygen atoms in total. The predicted molar refractivity (Wildman–Crippen MR) is 78.2 cm³/mol. The number of methoxy groups -OCH3 is 1. The molecule has 0 fully saturated rings. The summed E-state index contributed by atoms with van der Waals surface area (Å²) in [6, 6.07) is 6.29. The van der Waals surface area contributed by atoms with E-state index in [4.69, 9.17) is 10.5 Å². The van der Waals surface area contributed by atoms with Crippen molar-refractivity contribution in [1.29, 1.82) is 0 Å². The largest absolute Gasteiger partial charge is 0.495 e. The van der Waals surface area contributed by atoms with Gasteiger partial charge in [0.2, 0.25) is 0 Å². The summed E-state index contributed by atoms with van der Waals surface area (Å²) in [5.41, 5.74) is 8.17. The van der Waals surface area contributed by atoms with Crippen molar-refractivity contribution in [3.8, 4) is 5.75 Å². The van der Waals surface area contributed by atoms with Crippen LogP contribution in [0.5, 0.6) is 5.75 Å². The van der Waals surface area contributed by atoms with Crippen molar-refractivity contribution >= 4 is 5.69 Å². The van der Waals surface area contributed by atoms with Crippen LogP contribution < -0.4 is 15.8 Å². The maximum atomic E-state index is 5.79. The van der Waals surface area contributed by atoms with Gasteiger partial charge in [-0.15, -0.1) is 0 Å². The molecule has 18 heavy (non-hydrogen) atoms. The standard InChI is InChI=1S/C15H26N2O/c1-5-12-6-7-15(18-4)14(8-12)17-10-13(9-16)11(2)3/h6-8,11,13,17H,5,9-10,16H2,1-4H3. The average Bonchev–Trinajstić information content (AvgIpc) is 2.38. The molecule has 0 aliphatic rings. The molecule has 1 unspecified atom stereocenters. The summed E-state index contributed by atoms with van der Waals surface area (Å²) < 4.78 is 5.38. The molecular formula is C15H26N2O. The zero-order valence-corrected chi connectivity index (χ0v) is 12.0. The monoisotopic (exact) mass is 250 g/mol. The molecule has 3 heteroatoms. The molecule has 0 bridgehead atoms. The summed E-state index contributed by atoms with van der Waals surface area (Å²) in [5, 5.41) is 3.47. The van der Waals surface area contributed by atoms with Gasteiger partial charge in [-0.25, -0.2) is 0 Å². The summed E-state index contributed by atoms with van der Waals surface area (Å²) in [7, 11) is 1.70. The number of hydrogen-bond acceptors (Lipinski definition) is 3. The van der Waals surface area contributed by atoms with E-state index in [0.29, 0.717) is 18.4 Å². The van der Waals surface area contributed by atoms with Crippen LogP contribution in [0.2, 0.25) is 0 Å². The lowest BCUT2D eigenvalue weighted by Crippen LogP contribution is -2.27. The highest BCUT2D eigenvalue weighted by molar-refractivity contribution is 5.58. The Hall–Kier alpha value is -1.22. The number of aryl methyl sites for hydroxylation is 1. The summed E-state index contributed by atoms with van der Waals surface area (Å²) in [4.78, 5) is 0. The van der Waals surface area contributed by atoms with Crippen LogP contribution in [0.15, 0.2) is 18.2 Å². The Labute approximate surface area is 111 Å². The molecule has 0 radical (unpaired) electrons.